The molecule has 0 spiro atoms. The number of nitrogens with zero attached hydrogens (tertiary/aromatic N) is 2. The number of esters is 1. The predicted octanol–water partition coefficient (Wildman–Crippen LogP) is 2.98. The minimum absolute atomic E-state index is 0.0350. The average Bonchev–Trinajstić information content (AvgIpc) is 3.15. The molecule has 34 heavy (non-hydrogen) atoms. The number of ether oxygens (including phenoxy) is 1. The lowest BCUT2D eigenvalue weighted by molar-refractivity contribution is -0.148. The van der Waals surface area contributed by atoms with Crippen LogP contribution in [-0.2, 0) is 32.7 Å². The van der Waals surface area contributed by atoms with E-state index in [1.165, 1.54) is 12.1 Å². The molecule has 3 N–H and O–H groups in total. The Hall–Kier alpha value is -3.24. The van der Waals surface area contributed by atoms with Crippen LogP contribution >= 0.6 is 0 Å². The van der Waals surface area contributed by atoms with E-state index < -0.39 is 22.0 Å². The van der Waals surface area contributed by atoms with Crippen LogP contribution < -0.4 is 10.5 Å². The molecule has 1 amide bonds. The monoisotopic (exact) mass is 486 g/mol. The number of rotatable bonds is 10. The van der Waals surface area contributed by atoms with Gasteiger partial charge < -0.3 is 14.6 Å². The molecule has 0 fully saturated rings. The first-order chi connectivity index (χ1) is 16.1. The van der Waals surface area contributed by atoms with Crippen LogP contribution in [0.25, 0.3) is 11.0 Å². The summed E-state index contributed by atoms with van der Waals surface area (Å²) in [6, 6.07) is 12.3. The first-order valence-electron chi connectivity index (χ1n) is 11.2. The van der Waals surface area contributed by atoms with Crippen molar-refractivity contribution in [2.75, 3.05) is 0 Å². The molecule has 0 aliphatic rings. The molecule has 0 bridgehead atoms. The fourth-order valence-electron chi connectivity index (χ4n) is 3.55. The maximum atomic E-state index is 12.9. The average molecular weight is 487 g/mol. The number of fused-ring (bicyclic) bond motifs is 1. The van der Waals surface area contributed by atoms with Gasteiger partial charge in [0.15, 0.2) is 0 Å². The van der Waals surface area contributed by atoms with Crippen LogP contribution in [0, 0.1) is 5.92 Å². The van der Waals surface area contributed by atoms with Crippen LogP contribution in [0.1, 0.15) is 49.8 Å². The van der Waals surface area contributed by atoms with E-state index in [4.69, 9.17) is 9.88 Å². The van der Waals surface area contributed by atoms with Crippen LogP contribution in [0.2, 0.25) is 0 Å². The van der Waals surface area contributed by atoms with E-state index in [2.05, 4.69) is 17.2 Å². The van der Waals surface area contributed by atoms with Gasteiger partial charge in [-0.25, -0.2) is 23.3 Å². The van der Waals surface area contributed by atoms with Crippen molar-refractivity contribution < 1.29 is 22.7 Å². The zero-order valence-corrected chi connectivity index (χ0v) is 20.3. The lowest BCUT2D eigenvalue weighted by Crippen LogP contribution is -2.45. The lowest BCUT2D eigenvalue weighted by atomic mass is 10.0. The number of aromatic nitrogens is 2. The van der Waals surface area contributed by atoms with Gasteiger partial charge >= 0.3 is 5.97 Å². The minimum Gasteiger partial charge on any atom is -0.456 e. The van der Waals surface area contributed by atoms with E-state index in [9.17, 15) is 18.0 Å². The van der Waals surface area contributed by atoms with E-state index >= 15 is 0 Å². The fraction of sp³-hybridized carbons (Fsp3) is 0.375. The number of unbranched alkanes of at least 4 members (excludes halogenated alkanes) is 1. The van der Waals surface area contributed by atoms with Crippen LogP contribution in [0.5, 0.6) is 0 Å². The molecule has 3 rings (SSSR count). The zero-order valence-electron chi connectivity index (χ0n) is 19.5. The molecule has 0 saturated carbocycles. The van der Waals surface area contributed by atoms with Gasteiger partial charge in [0.2, 0.25) is 10.0 Å². The second-order valence-electron chi connectivity index (χ2n) is 8.40. The third kappa shape index (κ3) is 6.00. The van der Waals surface area contributed by atoms with Crippen LogP contribution in [0.4, 0.5) is 0 Å². The van der Waals surface area contributed by atoms with Gasteiger partial charge in [0, 0.05) is 12.1 Å². The molecular weight excluding hydrogens is 456 g/mol. The summed E-state index contributed by atoms with van der Waals surface area (Å²) in [5.41, 5.74) is 1.63. The van der Waals surface area contributed by atoms with Gasteiger partial charge in [0.1, 0.15) is 18.5 Å². The predicted molar refractivity (Wildman–Crippen MR) is 128 cm³/mol. The third-order valence-electron chi connectivity index (χ3n) is 5.45. The number of hydrogen-bond donors (Lipinski definition) is 2. The molecule has 1 atom stereocenters. The SMILES string of the molecule is CCCCn1c(COC(=O)[C@@H](NC(=O)c2ccccc2)C(C)C)nc2cc(S(N)(=O)=O)ccc21. The van der Waals surface area contributed by atoms with Crippen molar-refractivity contribution in [3.63, 3.8) is 0 Å². The Morgan fingerprint density at radius 3 is 2.47 bits per heavy atom. The summed E-state index contributed by atoms with van der Waals surface area (Å²) in [5.74, 6) is -0.641. The lowest BCUT2D eigenvalue weighted by Gasteiger charge is -2.21. The molecule has 0 unspecified atom stereocenters. The minimum atomic E-state index is -3.87. The Morgan fingerprint density at radius 1 is 1.15 bits per heavy atom. The van der Waals surface area contributed by atoms with Gasteiger partial charge in [-0.3, -0.25) is 4.79 Å². The number of nitrogens with one attached hydrogen (secondary N) is 1. The summed E-state index contributed by atoms with van der Waals surface area (Å²) in [4.78, 5) is 29.9. The number of amides is 1. The second kappa shape index (κ2) is 10.8. The van der Waals surface area contributed by atoms with Crippen molar-refractivity contribution in [3.05, 3.63) is 59.9 Å². The maximum Gasteiger partial charge on any atom is 0.329 e. The van der Waals surface area contributed by atoms with E-state index in [1.54, 1.807) is 30.3 Å². The molecule has 0 aliphatic carbocycles. The maximum absolute atomic E-state index is 12.9. The van der Waals surface area contributed by atoms with Gasteiger partial charge in [0.25, 0.3) is 5.91 Å². The number of primary sulfonamides is 1. The molecule has 0 saturated heterocycles. The van der Waals surface area contributed by atoms with E-state index in [1.807, 2.05) is 24.5 Å². The Kier molecular flexibility index (Phi) is 8.06. The van der Waals surface area contributed by atoms with E-state index in [-0.39, 0.29) is 23.3 Å². The highest BCUT2D eigenvalue weighted by atomic mass is 32.2. The Morgan fingerprint density at radius 2 is 1.85 bits per heavy atom. The highest BCUT2D eigenvalue weighted by molar-refractivity contribution is 7.89. The van der Waals surface area contributed by atoms with Gasteiger partial charge in [0.05, 0.1) is 15.9 Å². The quantitative estimate of drug-likeness (QED) is 0.423. The summed E-state index contributed by atoms with van der Waals surface area (Å²) in [6.07, 6.45) is 1.81. The normalized spacial score (nSPS) is 12.6. The number of carbonyl (C=O) groups is 2. The van der Waals surface area contributed by atoms with Gasteiger partial charge in [-0.15, -0.1) is 0 Å². The third-order valence-corrected chi connectivity index (χ3v) is 6.36. The highest BCUT2D eigenvalue weighted by Gasteiger charge is 2.27. The zero-order chi connectivity index (χ0) is 24.9. The van der Waals surface area contributed by atoms with Gasteiger partial charge in [-0.2, -0.15) is 0 Å². The summed E-state index contributed by atoms with van der Waals surface area (Å²) in [6.45, 7) is 6.21. The van der Waals surface area contributed by atoms with Crippen molar-refractivity contribution in [3.8, 4) is 0 Å². The molecule has 10 heteroatoms. The number of sulfonamides is 1. The first-order valence-corrected chi connectivity index (χ1v) is 12.7. The number of aryl methyl sites for hydroxylation is 1. The van der Waals surface area contributed by atoms with Crippen molar-refractivity contribution >= 4 is 32.9 Å². The molecule has 1 heterocycles. The largest absolute Gasteiger partial charge is 0.456 e. The van der Waals surface area contributed by atoms with E-state index in [0.717, 1.165) is 18.4 Å². The molecular formula is C24H30N4O5S. The van der Waals surface area contributed by atoms with Crippen LogP contribution in [-0.4, -0.2) is 35.9 Å². The van der Waals surface area contributed by atoms with E-state index in [0.29, 0.717) is 23.4 Å². The topological polar surface area (TPSA) is 133 Å². The van der Waals surface area contributed by atoms with Crippen LogP contribution in [0.15, 0.2) is 53.4 Å². The summed E-state index contributed by atoms with van der Waals surface area (Å²) >= 11 is 0. The molecule has 0 radical (unpaired) electrons. The van der Waals surface area contributed by atoms with Crippen LogP contribution in [0.3, 0.4) is 0 Å². The van der Waals surface area contributed by atoms with Gasteiger partial charge in [-0.05, 0) is 42.7 Å². The number of benzene rings is 2. The van der Waals surface area contributed by atoms with Crippen molar-refractivity contribution in [2.45, 2.75) is 57.7 Å². The molecule has 182 valence electrons. The smallest absolute Gasteiger partial charge is 0.329 e. The standard InChI is InChI=1S/C24H30N4O5S/c1-4-5-13-28-20-12-11-18(34(25,31)32)14-19(20)26-21(28)15-33-24(30)22(16(2)3)27-23(29)17-9-7-6-8-10-17/h6-12,14,16,22H,4-5,13,15H2,1-3H3,(H,27,29)(H2,25,31,32)/t22-/m0/s1. The second-order valence-corrected chi connectivity index (χ2v) is 9.96. The summed E-state index contributed by atoms with van der Waals surface area (Å²) in [5, 5.41) is 8.00. The first kappa shape index (κ1) is 25.4. The Bertz CT molecular complexity index is 1270. The van der Waals surface area contributed by atoms with Crippen molar-refractivity contribution in [2.24, 2.45) is 11.1 Å². The molecule has 3 aromatic rings. The molecule has 2 aromatic carbocycles. The highest BCUT2D eigenvalue weighted by Crippen LogP contribution is 2.22. The molecule has 1 aromatic heterocycles. The molecule has 0 aliphatic heterocycles. The number of nitrogens with two attached hydrogens (primary N) is 1. The van der Waals surface area contributed by atoms with Gasteiger partial charge in [-0.1, -0.05) is 45.4 Å². The number of carbonyl (C=O) groups excluding carboxylic acids is 2. The van der Waals surface area contributed by atoms with Crippen molar-refractivity contribution in [1.29, 1.82) is 0 Å². The fourth-order valence-corrected chi connectivity index (χ4v) is 4.08. The summed E-state index contributed by atoms with van der Waals surface area (Å²) < 4.78 is 30.9. The van der Waals surface area contributed by atoms with Crippen molar-refractivity contribution in [1.82, 2.24) is 14.9 Å². The number of hydrogen-bond acceptors (Lipinski definition) is 6. The Labute approximate surface area is 199 Å². The number of imidazole rings is 1. The Balaban J connectivity index is 1.81. The molecule has 9 nitrogen and oxygen atoms in total. The summed E-state index contributed by atoms with van der Waals surface area (Å²) in [7, 11) is -3.87.